The third-order valence-electron chi connectivity index (χ3n) is 6.63. The molecule has 0 N–H and O–H groups in total. The number of fused-ring (bicyclic) bond motifs is 2. The van der Waals surface area contributed by atoms with Gasteiger partial charge in [-0.25, -0.2) is 0 Å². The fourth-order valence-corrected chi connectivity index (χ4v) is 4.95. The van der Waals surface area contributed by atoms with Gasteiger partial charge in [0.05, 0.1) is 18.8 Å². The zero-order valence-corrected chi connectivity index (χ0v) is 16.8. The molecule has 3 heterocycles. The molecule has 28 heavy (non-hydrogen) atoms. The van der Waals surface area contributed by atoms with Crippen molar-refractivity contribution < 1.29 is 9.47 Å². The van der Waals surface area contributed by atoms with Crippen LogP contribution >= 0.6 is 0 Å². The number of piperidine rings is 1. The molecule has 4 nitrogen and oxygen atoms in total. The topological polar surface area (TPSA) is 24.9 Å². The molecule has 148 valence electrons. The Morgan fingerprint density at radius 2 is 1.75 bits per heavy atom. The molecule has 2 aromatic rings. The average Bonchev–Trinajstić information content (AvgIpc) is 3.22. The second-order valence-electron chi connectivity index (χ2n) is 8.34. The number of benzene rings is 2. The molecule has 0 bridgehead atoms. The van der Waals surface area contributed by atoms with Crippen LogP contribution in [0.25, 0.3) is 0 Å². The van der Waals surface area contributed by atoms with Gasteiger partial charge < -0.3 is 19.3 Å². The van der Waals surface area contributed by atoms with Crippen LogP contribution in [0.5, 0.6) is 11.5 Å². The van der Waals surface area contributed by atoms with Crippen LogP contribution in [0.2, 0.25) is 0 Å². The standard InChI is InChI=1S/C24H30N2O2/c1-25-15-17-28-24-21(6-3-7-22(24)25)18-8-12-26(13-9-18)14-10-19-4-2-5-20-11-16-27-23(19)20/h2-7,18H,8-17H2,1H3. The molecule has 2 aromatic carbocycles. The Morgan fingerprint density at radius 3 is 2.64 bits per heavy atom. The molecule has 0 atom stereocenters. The number of hydrogen-bond donors (Lipinski definition) is 0. The molecular formula is C24H30N2O2. The Kier molecular flexibility index (Phi) is 4.89. The normalized spacial score (nSPS) is 19.7. The summed E-state index contributed by atoms with van der Waals surface area (Å²) >= 11 is 0. The molecule has 5 rings (SSSR count). The monoisotopic (exact) mass is 378 g/mol. The maximum absolute atomic E-state index is 6.08. The van der Waals surface area contributed by atoms with Gasteiger partial charge in [-0.15, -0.1) is 0 Å². The van der Waals surface area contributed by atoms with Crippen LogP contribution in [0.15, 0.2) is 36.4 Å². The summed E-state index contributed by atoms with van der Waals surface area (Å²) < 4.78 is 12.0. The lowest BCUT2D eigenvalue weighted by atomic mass is 9.88. The minimum Gasteiger partial charge on any atom is -0.493 e. The number of hydrogen-bond acceptors (Lipinski definition) is 4. The molecule has 1 fully saturated rings. The average molecular weight is 379 g/mol. The van der Waals surface area contributed by atoms with Gasteiger partial charge in [0.2, 0.25) is 0 Å². The summed E-state index contributed by atoms with van der Waals surface area (Å²) in [5.41, 5.74) is 5.43. The Labute approximate surface area is 168 Å². The van der Waals surface area contributed by atoms with Crippen molar-refractivity contribution in [3.8, 4) is 11.5 Å². The van der Waals surface area contributed by atoms with Gasteiger partial charge in [0.25, 0.3) is 0 Å². The predicted octanol–water partition coefficient (Wildman–Crippen LogP) is 3.87. The molecule has 0 saturated carbocycles. The van der Waals surface area contributed by atoms with E-state index < -0.39 is 0 Å². The van der Waals surface area contributed by atoms with Gasteiger partial charge in [0.15, 0.2) is 0 Å². The van der Waals surface area contributed by atoms with Crippen molar-refractivity contribution in [2.75, 3.05) is 51.3 Å². The van der Waals surface area contributed by atoms with E-state index in [-0.39, 0.29) is 0 Å². The first-order valence-electron chi connectivity index (χ1n) is 10.7. The van der Waals surface area contributed by atoms with Gasteiger partial charge in [0.1, 0.15) is 18.1 Å². The molecular weight excluding hydrogens is 348 g/mol. The van der Waals surface area contributed by atoms with Gasteiger partial charge in [-0.1, -0.05) is 30.3 Å². The molecule has 0 aromatic heterocycles. The highest BCUT2D eigenvalue weighted by Gasteiger charge is 2.27. The number of ether oxygens (including phenoxy) is 2. The SMILES string of the molecule is CN1CCOc2c(C3CCN(CCc4cccc5c4OCC5)CC3)cccc21. The number of nitrogens with zero attached hydrogens (tertiary/aromatic N) is 2. The van der Waals surface area contributed by atoms with E-state index in [1.807, 2.05) is 0 Å². The van der Waals surface area contributed by atoms with E-state index in [9.17, 15) is 0 Å². The number of rotatable bonds is 4. The van der Waals surface area contributed by atoms with Gasteiger partial charge in [0, 0.05) is 20.0 Å². The van der Waals surface area contributed by atoms with E-state index in [4.69, 9.17) is 9.47 Å². The summed E-state index contributed by atoms with van der Waals surface area (Å²) in [6.07, 6.45) is 4.58. The summed E-state index contributed by atoms with van der Waals surface area (Å²) in [4.78, 5) is 4.94. The number of para-hydroxylation sites is 2. The molecule has 1 saturated heterocycles. The van der Waals surface area contributed by atoms with Crippen molar-refractivity contribution in [1.82, 2.24) is 4.90 Å². The molecule has 0 aliphatic carbocycles. The van der Waals surface area contributed by atoms with E-state index in [0.717, 1.165) is 50.6 Å². The van der Waals surface area contributed by atoms with E-state index in [2.05, 4.69) is 53.2 Å². The Hall–Kier alpha value is -2.20. The Bertz CT molecular complexity index is 842. The van der Waals surface area contributed by atoms with Crippen molar-refractivity contribution in [3.05, 3.63) is 53.1 Å². The predicted molar refractivity (Wildman–Crippen MR) is 113 cm³/mol. The van der Waals surface area contributed by atoms with Crippen LogP contribution < -0.4 is 14.4 Å². The molecule has 0 spiro atoms. The van der Waals surface area contributed by atoms with Crippen LogP contribution in [-0.2, 0) is 12.8 Å². The van der Waals surface area contributed by atoms with Crippen molar-refractivity contribution >= 4 is 5.69 Å². The first kappa shape index (κ1) is 17.9. The largest absolute Gasteiger partial charge is 0.493 e. The number of likely N-dealkylation sites (tertiary alicyclic amines) is 1. The molecule has 0 radical (unpaired) electrons. The summed E-state index contributed by atoms with van der Waals surface area (Å²) in [5, 5.41) is 0. The van der Waals surface area contributed by atoms with Gasteiger partial charge in [-0.3, -0.25) is 0 Å². The summed E-state index contributed by atoms with van der Waals surface area (Å²) in [5.74, 6) is 2.91. The number of anilines is 1. The third kappa shape index (κ3) is 3.35. The fraction of sp³-hybridized carbons (Fsp3) is 0.500. The van der Waals surface area contributed by atoms with Crippen LogP contribution in [0.4, 0.5) is 5.69 Å². The zero-order chi connectivity index (χ0) is 18.9. The number of likely N-dealkylation sites (N-methyl/N-ethyl adjacent to an activating group) is 1. The first-order valence-corrected chi connectivity index (χ1v) is 10.7. The maximum Gasteiger partial charge on any atom is 0.146 e. The van der Waals surface area contributed by atoms with Gasteiger partial charge in [-0.2, -0.15) is 0 Å². The Balaban J connectivity index is 1.21. The third-order valence-corrected chi connectivity index (χ3v) is 6.63. The first-order chi connectivity index (χ1) is 13.8. The van der Waals surface area contributed by atoms with Crippen LogP contribution in [-0.4, -0.2) is 51.3 Å². The second kappa shape index (κ2) is 7.67. The quantitative estimate of drug-likeness (QED) is 0.806. The van der Waals surface area contributed by atoms with Gasteiger partial charge >= 0.3 is 0 Å². The summed E-state index contributed by atoms with van der Waals surface area (Å²) in [6, 6.07) is 13.3. The fourth-order valence-electron chi connectivity index (χ4n) is 4.95. The van der Waals surface area contributed by atoms with E-state index >= 15 is 0 Å². The lowest BCUT2D eigenvalue weighted by Crippen LogP contribution is -2.35. The minimum atomic E-state index is 0.613. The smallest absolute Gasteiger partial charge is 0.146 e. The van der Waals surface area contributed by atoms with Crippen LogP contribution in [0.1, 0.15) is 35.4 Å². The molecule has 4 heteroatoms. The molecule has 0 amide bonds. The molecule has 0 unspecified atom stereocenters. The zero-order valence-electron chi connectivity index (χ0n) is 16.8. The van der Waals surface area contributed by atoms with Crippen molar-refractivity contribution in [1.29, 1.82) is 0 Å². The maximum atomic E-state index is 6.08. The van der Waals surface area contributed by atoms with Crippen molar-refractivity contribution in [3.63, 3.8) is 0 Å². The summed E-state index contributed by atoms with van der Waals surface area (Å²) in [7, 11) is 2.16. The highest BCUT2D eigenvalue weighted by atomic mass is 16.5. The Morgan fingerprint density at radius 1 is 0.929 bits per heavy atom. The lowest BCUT2D eigenvalue weighted by molar-refractivity contribution is 0.210. The highest BCUT2D eigenvalue weighted by Crippen LogP contribution is 2.41. The second-order valence-corrected chi connectivity index (χ2v) is 8.34. The summed E-state index contributed by atoms with van der Waals surface area (Å²) in [6.45, 7) is 6.07. The molecule has 3 aliphatic rings. The lowest BCUT2D eigenvalue weighted by Gasteiger charge is -2.35. The van der Waals surface area contributed by atoms with Crippen LogP contribution in [0, 0.1) is 0 Å². The van der Waals surface area contributed by atoms with E-state index in [1.54, 1.807) is 0 Å². The van der Waals surface area contributed by atoms with Gasteiger partial charge in [-0.05, 0) is 61.0 Å². The van der Waals surface area contributed by atoms with Crippen LogP contribution in [0.3, 0.4) is 0 Å². The molecule has 3 aliphatic heterocycles. The minimum absolute atomic E-state index is 0.613. The van der Waals surface area contributed by atoms with E-state index in [1.165, 1.54) is 48.3 Å². The van der Waals surface area contributed by atoms with E-state index in [0.29, 0.717) is 5.92 Å². The van der Waals surface area contributed by atoms with Crippen molar-refractivity contribution in [2.24, 2.45) is 0 Å². The highest BCUT2D eigenvalue weighted by molar-refractivity contribution is 5.63. The van der Waals surface area contributed by atoms with Crippen molar-refractivity contribution in [2.45, 2.75) is 31.6 Å².